The zero-order chi connectivity index (χ0) is 13.7. The minimum atomic E-state index is -0.843. The Labute approximate surface area is 110 Å². The van der Waals surface area contributed by atoms with Crippen molar-refractivity contribution in [2.75, 3.05) is 0 Å². The van der Waals surface area contributed by atoms with Gasteiger partial charge in [0.2, 0.25) is 0 Å². The highest BCUT2D eigenvalue weighted by molar-refractivity contribution is 5.95. The zero-order valence-electron chi connectivity index (χ0n) is 10.4. The van der Waals surface area contributed by atoms with E-state index >= 15 is 0 Å². The third-order valence-corrected chi connectivity index (χ3v) is 2.95. The maximum Gasteiger partial charge on any atom is 0.162 e. The van der Waals surface area contributed by atoms with Crippen LogP contribution in [0.15, 0.2) is 48.5 Å². The molecule has 0 fully saturated rings. The molecule has 0 aliphatic carbocycles. The highest BCUT2D eigenvalue weighted by Gasteiger charge is 2.06. The molecule has 3 heteroatoms. The lowest BCUT2D eigenvalue weighted by Gasteiger charge is -2.03. The minimum absolute atomic E-state index is 0.0724. The van der Waals surface area contributed by atoms with E-state index in [1.54, 1.807) is 18.2 Å². The summed E-state index contributed by atoms with van der Waals surface area (Å²) < 4.78 is 25.7. The van der Waals surface area contributed by atoms with Gasteiger partial charge < -0.3 is 0 Å². The van der Waals surface area contributed by atoms with Gasteiger partial charge in [0, 0.05) is 12.0 Å². The molecule has 0 radical (unpaired) electrons. The second-order valence-electron chi connectivity index (χ2n) is 4.39. The van der Waals surface area contributed by atoms with Crippen molar-refractivity contribution in [2.45, 2.75) is 19.3 Å². The second-order valence-corrected chi connectivity index (χ2v) is 4.39. The number of aryl methyl sites for hydroxylation is 1. The van der Waals surface area contributed by atoms with Crippen LogP contribution in [-0.2, 0) is 6.42 Å². The third-order valence-electron chi connectivity index (χ3n) is 2.95. The molecule has 0 aliphatic heterocycles. The van der Waals surface area contributed by atoms with Gasteiger partial charge in [-0.15, -0.1) is 0 Å². The van der Waals surface area contributed by atoms with Crippen LogP contribution in [0.2, 0.25) is 0 Å². The van der Waals surface area contributed by atoms with E-state index in [1.165, 1.54) is 6.07 Å². The van der Waals surface area contributed by atoms with Gasteiger partial charge >= 0.3 is 0 Å². The predicted octanol–water partition coefficient (Wildman–Crippen LogP) is 4.17. The van der Waals surface area contributed by atoms with Crippen molar-refractivity contribution in [3.8, 4) is 0 Å². The number of Topliss-reactive ketones (excluding diaryl/α,β-unsaturated/α-hetero) is 1. The summed E-state index contributed by atoms with van der Waals surface area (Å²) in [5.41, 5.74) is 1.40. The van der Waals surface area contributed by atoms with Gasteiger partial charge in [0.05, 0.1) is 0 Å². The SMILES string of the molecule is O=C(CCCc1ccc(F)c(F)c1)c1ccccc1. The number of ketones is 1. The molecule has 0 aliphatic rings. The molecule has 19 heavy (non-hydrogen) atoms. The van der Waals surface area contributed by atoms with Gasteiger partial charge in [-0.3, -0.25) is 4.79 Å². The van der Waals surface area contributed by atoms with Crippen LogP contribution in [0.3, 0.4) is 0 Å². The summed E-state index contributed by atoms with van der Waals surface area (Å²) in [6, 6.07) is 12.9. The molecule has 0 bridgehead atoms. The number of carbonyl (C=O) groups is 1. The van der Waals surface area contributed by atoms with E-state index < -0.39 is 11.6 Å². The Bertz CT molecular complexity index is 564. The summed E-state index contributed by atoms with van der Waals surface area (Å²) in [4.78, 5) is 11.8. The van der Waals surface area contributed by atoms with Gasteiger partial charge in [-0.05, 0) is 30.5 Å². The summed E-state index contributed by atoms with van der Waals surface area (Å²) in [6.45, 7) is 0. The topological polar surface area (TPSA) is 17.1 Å². The van der Waals surface area contributed by atoms with Gasteiger partial charge in [0.15, 0.2) is 17.4 Å². The predicted molar refractivity (Wildman–Crippen MR) is 70.1 cm³/mol. The summed E-state index contributed by atoms with van der Waals surface area (Å²) in [5.74, 6) is -1.61. The number of hydrogen-bond donors (Lipinski definition) is 0. The first-order valence-corrected chi connectivity index (χ1v) is 6.19. The average Bonchev–Trinajstić information content (AvgIpc) is 2.43. The number of halogens is 2. The van der Waals surface area contributed by atoms with Crippen LogP contribution in [0.4, 0.5) is 8.78 Å². The highest BCUT2D eigenvalue weighted by atomic mass is 19.2. The van der Waals surface area contributed by atoms with Crippen molar-refractivity contribution in [3.05, 3.63) is 71.3 Å². The molecule has 0 saturated heterocycles. The molecule has 2 aromatic rings. The van der Waals surface area contributed by atoms with Crippen molar-refractivity contribution in [1.82, 2.24) is 0 Å². The molecule has 0 N–H and O–H groups in total. The van der Waals surface area contributed by atoms with Gasteiger partial charge in [-0.1, -0.05) is 36.4 Å². The van der Waals surface area contributed by atoms with Crippen LogP contribution in [0.1, 0.15) is 28.8 Å². The summed E-state index contributed by atoms with van der Waals surface area (Å²) in [6.07, 6.45) is 1.59. The van der Waals surface area contributed by atoms with E-state index in [0.29, 0.717) is 30.4 Å². The molecule has 98 valence electrons. The first-order valence-electron chi connectivity index (χ1n) is 6.19. The van der Waals surface area contributed by atoms with E-state index in [4.69, 9.17) is 0 Å². The van der Waals surface area contributed by atoms with E-state index in [2.05, 4.69) is 0 Å². The average molecular weight is 260 g/mol. The first kappa shape index (κ1) is 13.4. The van der Waals surface area contributed by atoms with Crippen LogP contribution in [0.25, 0.3) is 0 Å². The number of benzene rings is 2. The maximum atomic E-state index is 13.0. The second kappa shape index (κ2) is 6.23. The van der Waals surface area contributed by atoms with Crippen molar-refractivity contribution in [2.24, 2.45) is 0 Å². The van der Waals surface area contributed by atoms with Crippen LogP contribution >= 0.6 is 0 Å². The van der Waals surface area contributed by atoms with E-state index in [1.807, 2.05) is 18.2 Å². The lowest BCUT2D eigenvalue weighted by Crippen LogP contribution is -2.00. The van der Waals surface area contributed by atoms with Crippen LogP contribution in [-0.4, -0.2) is 5.78 Å². The van der Waals surface area contributed by atoms with E-state index in [-0.39, 0.29) is 5.78 Å². The quantitative estimate of drug-likeness (QED) is 0.737. The van der Waals surface area contributed by atoms with Gasteiger partial charge in [0.1, 0.15) is 0 Å². The Balaban J connectivity index is 1.87. The first-order chi connectivity index (χ1) is 9.16. The fraction of sp³-hybridized carbons (Fsp3) is 0.188. The molecular weight excluding hydrogens is 246 g/mol. The number of rotatable bonds is 5. The van der Waals surface area contributed by atoms with Crippen LogP contribution in [0.5, 0.6) is 0 Å². The Hall–Kier alpha value is -2.03. The smallest absolute Gasteiger partial charge is 0.162 e. The van der Waals surface area contributed by atoms with Crippen molar-refractivity contribution >= 4 is 5.78 Å². The highest BCUT2D eigenvalue weighted by Crippen LogP contribution is 2.12. The van der Waals surface area contributed by atoms with Gasteiger partial charge in [0.25, 0.3) is 0 Å². The lowest BCUT2D eigenvalue weighted by atomic mass is 10.0. The van der Waals surface area contributed by atoms with Crippen molar-refractivity contribution in [3.63, 3.8) is 0 Å². The molecule has 0 amide bonds. The Morgan fingerprint density at radius 1 is 0.947 bits per heavy atom. The summed E-state index contributed by atoms with van der Waals surface area (Å²) >= 11 is 0. The summed E-state index contributed by atoms with van der Waals surface area (Å²) in [7, 11) is 0. The molecule has 0 spiro atoms. The van der Waals surface area contributed by atoms with Crippen LogP contribution in [0, 0.1) is 11.6 Å². The number of hydrogen-bond acceptors (Lipinski definition) is 1. The monoisotopic (exact) mass is 260 g/mol. The molecule has 0 saturated carbocycles. The molecule has 0 unspecified atom stereocenters. The largest absolute Gasteiger partial charge is 0.294 e. The fourth-order valence-corrected chi connectivity index (χ4v) is 1.92. The zero-order valence-corrected chi connectivity index (χ0v) is 10.4. The minimum Gasteiger partial charge on any atom is -0.294 e. The lowest BCUT2D eigenvalue weighted by molar-refractivity contribution is 0.0980. The van der Waals surface area contributed by atoms with Crippen molar-refractivity contribution in [1.29, 1.82) is 0 Å². The number of carbonyl (C=O) groups excluding carboxylic acids is 1. The molecule has 2 aromatic carbocycles. The molecule has 1 nitrogen and oxygen atoms in total. The normalized spacial score (nSPS) is 10.4. The van der Waals surface area contributed by atoms with Gasteiger partial charge in [-0.2, -0.15) is 0 Å². The van der Waals surface area contributed by atoms with Gasteiger partial charge in [-0.25, -0.2) is 8.78 Å². The Morgan fingerprint density at radius 2 is 1.68 bits per heavy atom. The van der Waals surface area contributed by atoms with E-state index in [9.17, 15) is 13.6 Å². The molecule has 0 atom stereocenters. The molecule has 2 rings (SSSR count). The molecule has 0 aromatic heterocycles. The van der Waals surface area contributed by atoms with Crippen LogP contribution < -0.4 is 0 Å². The van der Waals surface area contributed by atoms with E-state index in [0.717, 1.165) is 6.07 Å². The summed E-state index contributed by atoms with van der Waals surface area (Å²) in [5, 5.41) is 0. The Kier molecular flexibility index (Phi) is 4.39. The maximum absolute atomic E-state index is 13.0. The fourth-order valence-electron chi connectivity index (χ4n) is 1.92. The van der Waals surface area contributed by atoms with Crippen molar-refractivity contribution < 1.29 is 13.6 Å². The Morgan fingerprint density at radius 3 is 2.37 bits per heavy atom. The third kappa shape index (κ3) is 3.71. The molecule has 0 heterocycles. The molecular formula is C16H14F2O. The standard InChI is InChI=1S/C16H14F2O/c17-14-10-9-12(11-15(14)18)5-4-8-16(19)13-6-2-1-3-7-13/h1-3,6-7,9-11H,4-5,8H2.